The summed E-state index contributed by atoms with van der Waals surface area (Å²) < 4.78 is 0. The molecule has 17 heavy (non-hydrogen) atoms. The molecule has 2 nitrogen and oxygen atoms in total. The third-order valence-electron chi connectivity index (χ3n) is 4.13. The topological polar surface area (TPSA) is 29.3 Å². The maximum absolute atomic E-state index is 5.93. The first-order valence-corrected chi connectivity index (χ1v) is 7.61. The highest BCUT2D eigenvalue weighted by Gasteiger charge is 2.22. The van der Waals surface area contributed by atoms with Crippen molar-refractivity contribution in [2.24, 2.45) is 17.6 Å². The number of hydrogen-bond acceptors (Lipinski definition) is 2. The van der Waals surface area contributed by atoms with Gasteiger partial charge in [0.2, 0.25) is 0 Å². The second kappa shape index (κ2) is 8.10. The summed E-state index contributed by atoms with van der Waals surface area (Å²) in [6.45, 7) is 10.2. The predicted molar refractivity (Wildman–Crippen MR) is 76.1 cm³/mol. The molecule has 1 aliphatic rings. The van der Waals surface area contributed by atoms with Crippen molar-refractivity contribution in [3.05, 3.63) is 0 Å². The highest BCUT2D eigenvalue weighted by Crippen LogP contribution is 2.24. The zero-order valence-corrected chi connectivity index (χ0v) is 12.1. The molecule has 0 aliphatic heterocycles. The van der Waals surface area contributed by atoms with Crippen LogP contribution in [-0.4, -0.2) is 30.6 Å². The number of rotatable bonds is 7. The van der Waals surface area contributed by atoms with E-state index in [2.05, 4.69) is 25.7 Å². The second-order valence-corrected chi connectivity index (χ2v) is 6.11. The van der Waals surface area contributed by atoms with Gasteiger partial charge in [0.15, 0.2) is 0 Å². The van der Waals surface area contributed by atoms with Crippen molar-refractivity contribution in [2.75, 3.05) is 19.6 Å². The average Bonchev–Trinajstić information content (AvgIpc) is 2.35. The Morgan fingerprint density at radius 2 is 1.82 bits per heavy atom. The van der Waals surface area contributed by atoms with Crippen molar-refractivity contribution in [2.45, 2.75) is 65.3 Å². The van der Waals surface area contributed by atoms with Gasteiger partial charge in [-0.25, -0.2) is 0 Å². The molecule has 0 spiro atoms. The minimum absolute atomic E-state index is 0.692. The monoisotopic (exact) mass is 240 g/mol. The third-order valence-corrected chi connectivity index (χ3v) is 4.13. The fourth-order valence-electron chi connectivity index (χ4n) is 3.23. The van der Waals surface area contributed by atoms with Crippen molar-refractivity contribution < 1.29 is 0 Å². The smallest absolute Gasteiger partial charge is 0.00952 e. The lowest BCUT2D eigenvalue weighted by atomic mass is 9.91. The average molecular weight is 240 g/mol. The van der Waals surface area contributed by atoms with E-state index in [9.17, 15) is 0 Å². The van der Waals surface area contributed by atoms with E-state index in [0.29, 0.717) is 5.92 Å². The summed E-state index contributed by atoms with van der Waals surface area (Å²) in [6.07, 6.45) is 8.40. The summed E-state index contributed by atoms with van der Waals surface area (Å²) in [4.78, 5) is 2.69. The molecule has 0 saturated heterocycles. The van der Waals surface area contributed by atoms with Gasteiger partial charge < -0.3 is 10.6 Å². The fourth-order valence-corrected chi connectivity index (χ4v) is 3.23. The van der Waals surface area contributed by atoms with Crippen LogP contribution < -0.4 is 5.73 Å². The van der Waals surface area contributed by atoms with Crippen molar-refractivity contribution >= 4 is 0 Å². The molecule has 102 valence electrons. The van der Waals surface area contributed by atoms with E-state index in [1.165, 1.54) is 51.6 Å². The molecule has 1 fully saturated rings. The lowest BCUT2D eigenvalue weighted by Gasteiger charge is -2.36. The molecular formula is C15H32N2. The maximum atomic E-state index is 5.93. The van der Waals surface area contributed by atoms with E-state index < -0.39 is 0 Å². The van der Waals surface area contributed by atoms with Crippen LogP contribution >= 0.6 is 0 Å². The summed E-state index contributed by atoms with van der Waals surface area (Å²) in [5, 5.41) is 0. The Kier molecular flexibility index (Phi) is 7.14. The summed E-state index contributed by atoms with van der Waals surface area (Å²) in [5.74, 6) is 1.46. The van der Waals surface area contributed by atoms with Gasteiger partial charge in [-0.05, 0) is 44.2 Å². The van der Waals surface area contributed by atoms with Crippen molar-refractivity contribution in [1.82, 2.24) is 4.90 Å². The number of hydrogen-bond donors (Lipinski definition) is 1. The van der Waals surface area contributed by atoms with Gasteiger partial charge >= 0.3 is 0 Å². The van der Waals surface area contributed by atoms with Gasteiger partial charge in [0.05, 0.1) is 0 Å². The second-order valence-electron chi connectivity index (χ2n) is 6.11. The highest BCUT2D eigenvalue weighted by molar-refractivity contribution is 4.78. The third kappa shape index (κ3) is 5.39. The van der Waals surface area contributed by atoms with Gasteiger partial charge in [0.1, 0.15) is 0 Å². The standard InChI is InChI=1S/C15H32N2/c1-4-17(15-8-6-5-7-9-15)12-14(11-16)10-13(2)3/h13-15H,4-12,16H2,1-3H3. The van der Waals surface area contributed by atoms with E-state index in [-0.39, 0.29) is 0 Å². The molecule has 1 saturated carbocycles. The van der Waals surface area contributed by atoms with E-state index in [1.54, 1.807) is 0 Å². The molecule has 0 radical (unpaired) electrons. The Balaban J connectivity index is 2.42. The van der Waals surface area contributed by atoms with Crippen LogP contribution in [0.1, 0.15) is 59.3 Å². The van der Waals surface area contributed by atoms with Crippen molar-refractivity contribution in [1.29, 1.82) is 0 Å². The molecule has 0 amide bonds. The lowest BCUT2D eigenvalue weighted by molar-refractivity contribution is 0.135. The van der Waals surface area contributed by atoms with E-state index in [4.69, 9.17) is 5.73 Å². The van der Waals surface area contributed by atoms with Crippen LogP contribution in [0.25, 0.3) is 0 Å². The lowest BCUT2D eigenvalue weighted by Crippen LogP contribution is -2.41. The number of nitrogens with zero attached hydrogens (tertiary/aromatic N) is 1. The Morgan fingerprint density at radius 3 is 2.29 bits per heavy atom. The zero-order chi connectivity index (χ0) is 12.7. The first-order chi connectivity index (χ1) is 8.17. The normalized spacial score (nSPS) is 20.1. The van der Waals surface area contributed by atoms with Crippen molar-refractivity contribution in [3.63, 3.8) is 0 Å². The van der Waals surface area contributed by atoms with Crippen LogP contribution in [0.3, 0.4) is 0 Å². The van der Waals surface area contributed by atoms with Crippen molar-refractivity contribution in [3.8, 4) is 0 Å². The van der Waals surface area contributed by atoms with Gasteiger partial charge in [-0.1, -0.05) is 40.0 Å². The van der Waals surface area contributed by atoms with Crippen LogP contribution in [0.5, 0.6) is 0 Å². The highest BCUT2D eigenvalue weighted by atomic mass is 15.2. The van der Waals surface area contributed by atoms with Gasteiger partial charge in [0, 0.05) is 12.6 Å². The van der Waals surface area contributed by atoms with Crippen LogP contribution in [0.4, 0.5) is 0 Å². The SMILES string of the molecule is CCN(CC(CN)CC(C)C)C1CCCCC1. The molecular weight excluding hydrogens is 208 g/mol. The molecule has 1 unspecified atom stereocenters. The van der Waals surface area contributed by atoms with Gasteiger partial charge in [-0.3, -0.25) is 0 Å². The minimum atomic E-state index is 0.692. The Morgan fingerprint density at radius 1 is 1.18 bits per heavy atom. The van der Waals surface area contributed by atoms with Crippen LogP contribution in [0.15, 0.2) is 0 Å². The summed E-state index contributed by atoms with van der Waals surface area (Å²) in [5.41, 5.74) is 5.93. The molecule has 1 rings (SSSR count). The first-order valence-electron chi connectivity index (χ1n) is 7.61. The van der Waals surface area contributed by atoms with Gasteiger partial charge in [-0.15, -0.1) is 0 Å². The Bertz CT molecular complexity index is 185. The minimum Gasteiger partial charge on any atom is -0.330 e. The molecule has 0 aromatic heterocycles. The molecule has 0 aromatic carbocycles. The zero-order valence-electron chi connectivity index (χ0n) is 12.1. The maximum Gasteiger partial charge on any atom is 0.00952 e. The largest absolute Gasteiger partial charge is 0.330 e. The quantitative estimate of drug-likeness (QED) is 0.740. The van der Waals surface area contributed by atoms with E-state index in [1.807, 2.05) is 0 Å². The summed E-state index contributed by atoms with van der Waals surface area (Å²) in [7, 11) is 0. The van der Waals surface area contributed by atoms with E-state index in [0.717, 1.165) is 18.5 Å². The predicted octanol–water partition coefficient (Wildman–Crippen LogP) is 3.26. The van der Waals surface area contributed by atoms with E-state index >= 15 is 0 Å². The molecule has 0 heterocycles. The molecule has 2 heteroatoms. The molecule has 0 aromatic rings. The molecule has 1 aliphatic carbocycles. The fraction of sp³-hybridized carbons (Fsp3) is 1.00. The summed E-state index contributed by atoms with van der Waals surface area (Å²) in [6, 6.07) is 0.843. The Hall–Kier alpha value is -0.0800. The summed E-state index contributed by atoms with van der Waals surface area (Å²) >= 11 is 0. The molecule has 1 atom stereocenters. The Labute approximate surface area is 108 Å². The van der Waals surface area contributed by atoms with Crippen LogP contribution in [0, 0.1) is 11.8 Å². The number of nitrogens with two attached hydrogens (primary N) is 1. The van der Waals surface area contributed by atoms with Crippen LogP contribution in [-0.2, 0) is 0 Å². The van der Waals surface area contributed by atoms with Gasteiger partial charge in [0.25, 0.3) is 0 Å². The van der Waals surface area contributed by atoms with Crippen LogP contribution in [0.2, 0.25) is 0 Å². The first kappa shape index (κ1) is 15.0. The molecule has 2 N–H and O–H groups in total. The van der Waals surface area contributed by atoms with Gasteiger partial charge in [-0.2, -0.15) is 0 Å². The molecule has 0 bridgehead atoms.